The third-order valence-corrected chi connectivity index (χ3v) is 4.70. The zero-order valence-corrected chi connectivity index (χ0v) is 11.9. The van der Waals surface area contributed by atoms with Crippen LogP contribution in [0.5, 0.6) is 0 Å². The van der Waals surface area contributed by atoms with Crippen LogP contribution in [0.4, 0.5) is 0 Å². The summed E-state index contributed by atoms with van der Waals surface area (Å²) >= 11 is 0. The van der Waals surface area contributed by atoms with Crippen molar-refractivity contribution in [3.05, 3.63) is 18.2 Å². The fraction of sp³-hybridized carbons (Fsp3) is 0.786. The molecule has 5 heteroatoms. The van der Waals surface area contributed by atoms with Gasteiger partial charge in [-0.25, -0.2) is 4.98 Å². The number of hydrogen-bond acceptors (Lipinski definition) is 4. The first kappa shape index (κ1) is 13.1. The molecular weight excluding hydrogens is 240 g/mol. The second kappa shape index (κ2) is 5.23. The van der Waals surface area contributed by atoms with Crippen molar-refractivity contribution in [2.75, 3.05) is 33.8 Å². The molecule has 0 spiro atoms. The van der Waals surface area contributed by atoms with Crippen LogP contribution in [0, 0.1) is 0 Å². The topological polar surface area (TPSA) is 42.3 Å². The maximum atomic E-state index is 5.85. The number of nitrogens with zero attached hydrogens (tertiary/aromatic N) is 3. The van der Waals surface area contributed by atoms with E-state index in [0.717, 1.165) is 26.2 Å². The van der Waals surface area contributed by atoms with Gasteiger partial charge in [0, 0.05) is 25.2 Å². The molecule has 2 heterocycles. The molecule has 0 bridgehead atoms. The number of imidazole rings is 1. The van der Waals surface area contributed by atoms with Gasteiger partial charge in [0.15, 0.2) is 0 Å². The van der Waals surface area contributed by atoms with Crippen LogP contribution in [0.15, 0.2) is 12.5 Å². The van der Waals surface area contributed by atoms with Gasteiger partial charge >= 0.3 is 0 Å². The molecule has 1 saturated carbocycles. The number of aromatic nitrogens is 2. The van der Waals surface area contributed by atoms with Gasteiger partial charge in [-0.3, -0.25) is 0 Å². The highest BCUT2D eigenvalue weighted by atomic mass is 16.5. The molecule has 1 saturated heterocycles. The smallest absolute Gasteiger partial charge is 0.111 e. The lowest BCUT2D eigenvalue weighted by molar-refractivity contribution is 0.0136. The van der Waals surface area contributed by atoms with E-state index in [1.165, 1.54) is 25.0 Å². The molecule has 1 aromatic heterocycles. The number of likely N-dealkylation sites (N-methyl/N-ethyl adjacent to an activating group) is 1. The molecule has 1 unspecified atom stereocenters. The number of hydrogen-bond donors (Lipinski definition) is 1. The van der Waals surface area contributed by atoms with Crippen LogP contribution in [0.1, 0.15) is 31.1 Å². The van der Waals surface area contributed by atoms with Gasteiger partial charge in [-0.15, -0.1) is 0 Å². The van der Waals surface area contributed by atoms with E-state index in [0.29, 0.717) is 5.54 Å². The Hall–Kier alpha value is -0.910. The summed E-state index contributed by atoms with van der Waals surface area (Å²) in [6, 6.07) is 0. The van der Waals surface area contributed by atoms with Gasteiger partial charge in [-0.2, -0.15) is 0 Å². The third-order valence-electron chi connectivity index (χ3n) is 4.70. The lowest BCUT2D eigenvalue weighted by Crippen LogP contribution is -2.53. The van der Waals surface area contributed by atoms with E-state index in [4.69, 9.17) is 4.74 Å². The van der Waals surface area contributed by atoms with Gasteiger partial charge in [-0.1, -0.05) is 0 Å². The Morgan fingerprint density at radius 2 is 2.37 bits per heavy atom. The fourth-order valence-electron chi connectivity index (χ4n) is 3.14. The van der Waals surface area contributed by atoms with Gasteiger partial charge in [0.05, 0.1) is 24.8 Å². The summed E-state index contributed by atoms with van der Waals surface area (Å²) in [5.41, 5.74) is 1.53. The van der Waals surface area contributed by atoms with Crippen molar-refractivity contribution >= 4 is 0 Å². The summed E-state index contributed by atoms with van der Waals surface area (Å²) in [7, 11) is 4.38. The SMILES string of the molecule is CN(C)C1(Cn2cncc2C2CNCCO2)CCC1. The predicted octanol–water partition coefficient (Wildman–Crippen LogP) is 1.03. The maximum Gasteiger partial charge on any atom is 0.111 e. The monoisotopic (exact) mass is 264 g/mol. The van der Waals surface area contributed by atoms with Crippen molar-refractivity contribution in [2.24, 2.45) is 0 Å². The zero-order chi connectivity index (χ0) is 13.3. The second-order valence-corrected chi connectivity index (χ2v) is 5.98. The summed E-state index contributed by atoms with van der Waals surface area (Å²) in [5.74, 6) is 0. The minimum Gasteiger partial charge on any atom is -0.369 e. The molecule has 1 aliphatic heterocycles. The molecule has 1 N–H and O–H groups in total. The average molecular weight is 264 g/mol. The molecule has 106 valence electrons. The minimum atomic E-state index is 0.149. The van der Waals surface area contributed by atoms with Crippen molar-refractivity contribution in [1.82, 2.24) is 19.8 Å². The lowest BCUT2D eigenvalue weighted by Gasteiger charge is -2.48. The standard InChI is InChI=1S/C14H24N4O/c1-17(2)14(4-3-5-14)10-18-11-16-8-12(18)13-9-15-6-7-19-13/h8,11,13,15H,3-7,9-10H2,1-2H3. The van der Waals surface area contributed by atoms with E-state index in [1.54, 1.807) is 0 Å². The Kier molecular flexibility index (Phi) is 3.60. The molecule has 1 aliphatic carbocycles. The van der Waals surface area contributed by atoms with E-state index in [9.17, 15) is 0 Å². The molecule has 0 amide bonds. The van der Waals surface area contributed by atoms with Crippen molar-refractivity contribution in [1.29, 1.82) is 0 Å². The van der Waals surface area contributed by atoms with Gasteiger partial charge in [0.1, 0.15) is 6.10 Å². The molecular formula is C14H24N4O. The quantitative estimate of drug-likeness (QED) is 0.882. The summed E-state index contributed by atoms with van der Waals surface area (Å²) in [5, 5.41) is 3.39. The van der Waals surface area contributed by atoms with E-state index in [2.05, 4.69) is 33.9 Å². The number of nitrogens with one attached hydrogen (secondary N) is 1. The molecule has 0 aromatic carbocycles. The Bertz CT molecular complexity index is 419. The normalized spacial score (nSPS) is 26.4. The van der Waals surface area contributed by atoms with E-state index >= 15 is 0 Å². The number of ether oxygens (including phenoxy) is 1. The van der Waals surface area contributed by atoms with Gasteiger partial charge in [-0.05, 0) is 33.4 Å². The van der Waals surface area contributed by atoms with Gasteiger partial charge in [0.25, 0.3) is 0 Å². The van der Waals surface area contributed by atoms with Crippen LogP contribution in [-0.2, 0) is 11.3 Å². The highest BCUT2D eigenvalue weighted by Gasteiger charge is 2.40. The highest BCUT2D eigenvalue weighted by molar-refractivity contribution is 5.08. The summed E-state index contributed by atoms with van der Waals surface area (Å²) < 4.78 is 8.14. The molecule has 0 radical (unpaired) electrons. The number of rotatable bonds is 4. The van der Waals surface area contributed by atoms with Crippen LogP contribution >= 0.6 is 0 Å². The first-order valence-corrected chi connectivity index (χ1v) is 7.21. The largest absolute Gasteiger partial charge is 0.369 e. The predicted molar refractivity (Wildman–Crippen MR) is 74.1 cm³/mol. The molecule has 1 atom stereocenters. The molecule has 2 aliphatic rings. The zero-order valence-electron chi connectivity index (χ0n) is 11.9. The van der Waals surface area contributed by atoms with Gasteiger partial charge in [0.2, 0.25) is 0 Å². The average Bonchev–Trinajstić information content (AvgIpc) is 2.82. The highest BCUT2D eigenvalue weighted by Crippen LogP contribution is 2.38. The van der Waals surface area contributed by atoms with Crippen molar-refractivity contribution in [3.8, 4) is 0 Å². The second-order valence-electron chi connectivity index (χ2n) is 5.98. The minimum absolute atomic E-state index is 0.149. The first-order valence-electron chi connectivity index (χ1n) is 7.21. The van der Waals surface area contributed by atoms with Crippen LogP contribution in [0.3, 0.4) is 0 Å². The summed E-state index contributed by atoms with van der Waals surface area (Å²) in [6.45, 7) is 3.65. The van der Waals surface area contributed by atoms with Crippen molar-refractivity contribution < 1.29 is 4.74 Å². The summed E-state index contributed by atoms with van der Waals surface area (Å²) in [6.07, 6.45) is 7.96. The van der Waals surface area contributed by atoms with Crippen LogP contribution in [0.2, 0.25) is 0 Å². The van der Waals surface area contributed by atoms with Crippen molar-refractivity contribution in [3.63, 3.8) is 0 Å². The Labute approximate surface area is 114 Å². The Morgan fingerprint density at radius 3 is 2.95 bits per heavy atom. The van der Waals surface area contributed by atoms with Crippen molar-refractivity contribution in [2.45, 2.75) is 37.5 Å². The fourth-order valence-corrected chi connectivity index (χ4v) is 3.14. The summed E-state index contributed by atoms with van der Waals surface area (Å²) in [4.78, 5) is 6.71. The lowest BCUT2D eigenvalue weighted by atomic mass is 9.75. The molecule has 1 aromatic rings. The van der Waals surface area contributed by atoms with E-state index in [-0.39, 0.29) is 6.10 Å². The maximum absolute atomic E-state index is 5.85. The third kappa shape index (κ3) is 2.42. The Morgan fingerprint density at radius 1 is 1.53 bits per heavy atom. The molecule has 3 rings (SSSR count). The first-order chi connectivity index (χ1) is 9.21. The number of morpholine rings is 1. The van der Waals surface area contributed by atoms with E-state index in [1.807, 2.05) is 12.5 Å². The van der Waals surface area contributed by atoms with Crippen LogP contribution in [-0.4, -0.2) is 53.8 Å². The molecule has 19 heavy (non-hydrogen) atoms. The van der Waals surface area contributed by atoms with E-state index < -0.39 is 0 Å². The van der Waals surface area contributed by atoms with Gasteiger partial charge < -0.3 is 19.5 Å². The Balaban J connectivity index is 1.76. The molecule has 2 fully saturated rings. The van der Waals surface area contributed by atoms with Crippen LogP contribution in [0.25, 0.3) is 0 Å². The molecule has 5 nitrogen and oxygen atoms in total. The van der Waals surface area contributed by atoms with Crippen LogP contribution < -0.4 is 5.32 Å².